The van der Waals surface area contributed by atoms with E-state index in [9.17, 15) is 4.79 Å². The molecule has 1 aromatic rings. The molecule has 1 aromatic heterocycles. The number of ketones is 1. The molecule has 1 heterocycles. The Morgan fingerprint density at radius 1 is 1.50 bits per heavy atom. The molecule has 0 unspecified atom stereocenters. The van der Waals surface area contributed by atoms with Crippen LogP contribution in [0.3, 0.4) is 0 Å². The van der Waals surface area contributed by atoms with Crippen molar-refractivity contribution in [3.63, 3.8) is 0 Å². The topological polar surface area (TPSA) is 32.9 Å². The van der Waals surface area contributed by atoms with Gasteiger partial charge in [0.05, 0.1) is 5.69 Å². The second-order valence-corrected chi connectivity index (χ2v) is 5.94. The predicted molar refractivity (Wildman–Crippen MR) is 70.7 cm³/mol. The molecule has 0 saturated heterocycles. The van der Waals surface area contributed by atoms with E-state index in [-0.39, 0.29) is 5.69 Å². The van der Waals surface area contributed by atoms with Gasteiger partial charge in [0.25, 0.3) is 3.79 Å². The second kappa shape index (κ2) is 5.97. The molecule has 1 N–H and O–H groups in total. The summed E-state index contributed by atoms with van der Waals surface area (Å²) < 4.78 is -1.94. The van der Waals surface area contributed by atoms with E-state index in [4.69, 9.17) is 34.8 Å². The highest BCUT2D eigenvalue weighted by Gasteiger charge is 2.32. The van der Waals surface area contributed by atoms with Crippen LogP contribution < -0.4 is 0 Å². The van der Waals surface area contributed by atoms with Gasteiger partial charge in [0.1, 0.15) is 0 Å². The van der Waals surface area contributed by atoms with Gasteiger partial charge in [-0.25, -0.2) is 0 Å². The van der Waals surface area contributed by atoms with Crippen LogP contribution in [0.15, 0.2) is 12.3 Å². The molecule has 0 aromatic carbocycles. The first kappa shape index (κ1) is 13.9. The Morgan fingerprint density at radius 2 is 2.19 bits per heavy atom. The van der Waals surface area contributed by atoms with Crippen molar-refractivity contribution in [2.45, 2.75) is 10.2 Å². The summed E-state index contributed by atoms with van der Waals surface area (Å²) in [5, 5.41) is 0.810. The first-order valence-electron chi connectivity index (χ1n) is 4.30. The fourth-order valence-electron chi connectivity index (χ4n) is 0.962. The van der Waals surface area contributed by atoms with Gasteiger partial charge in [-0.2, -0.15) is 0 Å². The zero-order chi connectivity index (χ0) is 12.2. The van der Waals surface area contributed by atoms with E-state index in [1.54, 1.807) is 12.3 Å². The van der Waals surface area contributed by atoms with Gasteiger partial charge in [0.2, 0.25) is 5.78 Å². The molecule has 0 bridgehead atoms. The fourth-order valence-corrected chi connectivity index (χ4v) is 1.47. The van der Waals surface area contributed by atoms with Crippen molar-refractivity contribution in [1.82, 2.24) is 4.98 Å². The first-order chi connectivity index (χ1) is 7.45. The molecule has 6 heteroatoms. The molecule has 0 aliphatic carbocycles. The van der Waals surface area contributed by atoms with Crippen molar-refractivity contribution in [2.24, 2.45) is 0 Å². The Morgan fingerprint density at radius 3 is 2.75 bits per heavy atom. The van der Waals surface area contributed by atoms with Gasteiger partial charge >= 0.3 is 0 Å². The van der Waals surface area contributed by atoms with Crippen LogP contribution in [0.5, 0.6) is 0 Å². The number of Topliss-reactive ketones (excluding diaryl/α,β-unsaturated/α-hetero) is 1. The Kier molecular flexibility index (Phi) is 5.20. The minimum atomic E-state index is -1.94. The highest BCUT2D eigenvalue weighted by atomic mass is 79.9. The average Bonchev–Trinajstić information content (AvgIpc) is 2.64. The van der Waals surface area contributed by atoms with Crippen molar-refractivity contribution in [2.75, 3.05) is 5.33 Å². The molecule has 0 amide bonds. The lowest BCUT2D eigenvalue weighted by atomic mass is 10.2. The number of carbonyl (C=O) groups excluding carboxylic acids is 1. The van der Waals surface area contributed by atoms with Crippen molar-refractivity contribution in [3.8, 4) is 11.8 Å². The molecule has 0 aliphatic rings. The number of hydrogen-bond acceptors (Lipinski definition) is 1. The Bertz CT molecular complexity index is 439. The maximum atomic E-state index is 11.5. The van der Waals surface area contributed by atoms with Gasteiger partial charge in [0.15, 0.2) is 0 Å². The van der Waals surface area contributed by atoms with Crippen LogP contribution in [0.2, 0.25) is 0 Å². The maximum Gasteiger partial charge on any atom is 0.254 e. The molecule has 2 nitrogen and oxygen atoms in total. The summed E-state index contributed by atoms with van der Waals surface area (Å²) in [7, 11) is 0. The highest BCUT2D eigenvalue weighted by molar-refractivity contribution is 9.09. The number of hydrogen-bond donors (Lipinski definition) is 1. The smallest absolute Gasteiger partial charge is 0.254 e. The van der Waals surface area contributed by atoms with Gasteiger partial charge in [-0.05, 0) is 6.07 Å². The minimum Gasteiger partial charge on any atom is -0.357 e. The third-order valence-electron chi connectivity index (χ3n) is 1.64. The molecule has 86 valence electrons. The summed E-state index contributed by atoms with van der Waals surface area (Å²) in [6, 6.07) is 1.56. The van der Waals surface area contributed by atoms with Crippen molar-refractivity contribution < 1.29 is 4.79 Å². The van der Waals surface area contributed by atoms with Crippen molar-refractivity contribution >= 4 is 56.5 Å². The molecule has 1 rings (SSSR count). The molecule has 0 saturated carbocycles. The monoisotopic (exact) mass is 341 g/mol. The lowest BCUT2D eigenvalue weighted by Crippen LogP contribution is -2.19. The summed E-state index contributed by atoms with van der Waals surface area (Å²) in [6.45, 7) is 0. The van der Waals surface area contributed by atoms with Gasteiger partial charge < -0.3 is 4.98 Å². The summed E-state index contributed by atoms with van der Waals surface area (Å²) in [5.74, 6) is 5.20. The lowest BCUT2D eigenvalue weighted by molar-refractivity contribution is 0.0992. The maximum absolute atomic E-state index is 11.5. The number of carbonyl (C=O) groups is 1. The zero-order valence-electron chi connectivity index (χ0n) is 7.99. The predicted octanol–water partition coefficient (Wildman–Crippen LogP) is 3.70. The number of alkyl halides is 4. The van der Waals surface area contributed by atoms with Gasteiger partial charge in [0, 0.05) is 23.5 Å². The van der Waals surface area contributed by atoms with Crippen LogP contribution in [-0.2, 0) is 0 Å². The SMILES string of the molecule is O=C(c1cc(C#CCCBr)c[nH]1)C(Cl)(Cl)Cl. The molecule has 0 fully saturated rings. The van der Waals surface area contributed by atoms with Crippen LogP contribution in [0.4, 0.5) is 0 Å². The number of H-pyrrole nitrogens is 1. The van der Waals surface area contributed by atoms with E-state index in [2.05, 4.69) is 32.8 Å². The Labute approximate surface area is 117 Å². The Balaban J connectivity index is 2.81. The van der Waals surface area contributed by atoms with Crippen molar-refractivity contribution in [1.29, 1.82) is 0 Å². The van der Waals surface area contributed by atoms with Crippen LogP contribution in [0, 0.1) is 11.8 Å². The van der Waals surface area contributed by atoms with E-state index in [1.807, 2.05) is 0 Å². The summed E-state index contributed by atoms with van der Waals surface area (Å²) in [6.07, 6.45) is 2.34. The molecule has 0 radical (unpaired) electrons. The number of rotatable bonds is 2. The quantitative estimate of drug-likeness (QED) is 0.496. The average molecular weight is 343 g/mol. The standard InChI is InChI=1S/C10H7BrCl3NO/c11-4-2-1-3-7-5-8(15-6-7)9(16)10(12,13)14/h5-6,15H,2,4H2. The summed E-state index contributed by atoms with van der Waals surface area (Å²) in [4.78, 5) is 14.2. The summed E-state index contributed by atoms with van der Waals surface area (Å²) in [5.41, 5.74) is 0.932. The highest BCUT2D eigenvalue weighted by Crippen LogP contribution is 2.30. The van der Waals surface area contributed by atoms with E-state index >= 15 is 0 Å². The van der Waals surface area contributed by atoms with Gasteiger partial charge in [-0.1, -0.05) is 62.6 Å². The van der Waals surface area contributed by atoms with Crippen LogP contribution >= 0.6 is 50.7 Å². The summed E-state index contributed by atoms with van der Waals surface area (Å²) >= 11 is 19.7. The zero-order valence-corrected chi connectivity index (χ0v) is 11.8. The third kappa shape index (κ3) is 4.03. The number of aromatic amines is 1. The molecule has 16 heavy (non-hydrogen) atoms. The molecular formula is C10H7BrCl3NO. The van der Waals surface area contributed by atoms with E-state index in [1.165, 1.54) is 0 Å². The van der Waals surface area contributed by atoms with Crippen LogP contribution in [-0.4, -0.2) is 19.9 Å². The van der Waals surface area contributed by atoms with Crippen molar-refractivity contribution in [3.05, 3.63) is 23.5 Å². The lowest BCUT2D eigenvalue weighted by Gasteiger charge is -2.06. The molecule has 0 atom stereocenters. The minimum absolute atomic E-state index is 0.239. The Hall–Kier alpha value is -0.140. The van der Waals surface area contributed by atoms with Gasteiger partial charge in [-0.3, -0.25) is 4.79 Å². The molecular weight excluding hydrogens is 336 g/mol. The van der Waals surface area contributed by atoms with E-state index in [0.29, 0.717) is 5.56 Å². The molecule has 0 aliphatic heterocycles. The normalized spacial score (nSPS) is 10.8. The molecule has 0 spiro atoms. The van der Waals surface area contributed by atoms with Crippen LogP contribution in [0.1, 0.15) is 22.5 Å². The largest absolute Gasteiger partial charge is 0.357 e. The van der Waals surface area contributed by atoms with Crippen LogP contribution in [0.25, 0.3) is 0 Å². The number of aromatic nitrogens is 1. The number of halogens is 4. The third-order valence-corrected chi connectivity index (χ3v) is 2.55. The van der Waals surface area contributed by atoms with E-state index in [0.717, 1.165) is 11.8 Å². The van der Waals surface area contributed by atoms with E-state index < -0.39 is 9.58 Å². The second-order valence-electron chi connectivity index (χ2n) is 2.87. The first-order valence-corrected chi connectivity index (χ1v) is 6.55. The fraction of sp³-hybridized carbons (Fsp3) is 0.300. The number of nitrogens with one attached hydrogen (secondary N) is 1. The van der Waals surface area contributed by atoms with Gasteiger partial charge in [-0.15, -0.1) is 0 Å².